The third-order valence-corrected chi connectivity index (χ3v) is 2.82. The third kappa shape index (κ3) is 3.81. The van der Waals surface area contributed by atoms with Crippen molar-refractivity contribution in [3.05, 3.63) is 29.8 Å². The number of aliphatic hydroxyl groups is 1. The minimum atomic E-state index is 0.119. The lowest BCUT2D eigenvalue weighted by Gasteiger charge is -2.01. The molecule has 0 radical (unpaired) electrons. The minimum Gasteiger partial charge on any atom is -0.392 e. The number of rotatable bonds is 5. The number of hydrogen-bond acceptors (Lipinski definition) is 3. The van der Waals surface area contributed by atoms with Crippen LogP contribution in [0.4, 0.5) is 0 Å². The number of thioether (sulfide) groups is 1. The van der Waals surface area contributed by atoms with E-state index in [2.05, 4.69) is 0 Å². The van der Waals surface area contributed by atoms with E-state index in [0.29, 0.717) is 0 Å². The fraction of sp³-hybridized carbons (Fsp3) is 0.400. The van der Waals surface area contributed by atoms with Crippen LogP contribution in [0.1, 0.15) is 12.0 Å². The summed E-state index contributed by atoms with van der Waals surface area (Å²) in [4.78, 5) is 1.24. The van der Waals surface area contributed by atoms with Gasteiger partial charge in [0.05, 0.1) is 6.61 Å². The van der Waals surface area contributed by atoms with E-state index < -0.39 is 0 Å². The molecule has 0 heterocycles. The quantitative estimate of drug-likeness (QED) is 0.557. The molecule has 3 N–H and O–H groups in total. The second kappa shape index (κ2) is 6.02. The monoisotopic (exact) mass is 197 g/mol. The van der Waals surface area contributed by atoms with Gasteiger partial charge in [-0.15, -0.1) is 11.8 Å². The summed E-state index contributed by atoms with van der Waals surface area (Å²) in [7, 11) is 0. The molecular weight excluding hydrogens is 182 g/mol. The molecule has 0 bridgehead atoms. The zero-order chi connectivity index (χ0) is 9.52. The van der Waals surface area contributed by atoms with Gasteiger partial charge in [0, 0.05) is 4.90 Å². The van der Waals surface area contributed by atoms with E-state index in [9.17, 15) is 0 Å². The van der Waals surface area contributed by atoms with E-state index in [1.54, 1.807) is 11.8 Å². The van der Waals surface area contributed by atoms with Crippen LogP contribution in [0.15, 0.2) is 29.2 Å². The maximum atomic E-state index is 8.82. The van der Waals surface area contributed by atoms with Gasteiger partial charge in [0.2, 0.25) is 0 Å². The lowest BCUT2D eigenvalue weighted by atomic mass is 10.2. The number of benzene rings is 1. The molecule has 0 aromatic heterocycles. The molecule has 0 unspecified atom stereocenters. The Balaban J connectivity index is 2.40. The second-order valence-electron chi connectivity index (χ2n) is 2.79. The van der Waals surface area contributed by atoms with Crippen molar-refractivity contribution in [3.8, 4) is 0 Å². The van der Waals surface area contributed by atoms with Gasteiger partial charge < -0.3 is 10.8 Å². The SMILES string of the molecule is NCCCSc1ccc(CO)cc1. The Morgan fingerprint density at radius 1 is 1.23 bits per heavy atom. The van der Waals surface area contributed by atoms with Crippen molar-refractivity contribution in [2.75, 3.05) is 12.3 Å². The predicted octanol–water partition coefficient (Wildman–Crippen LogP) is 1.62. The normalized spacial score (nSPS) is 10.3. The number of nitrogens with two attached hydrogens (primary N) is 1. The highest BCUT2D eigenvalue weighted by Gasteiger charge is 1.93. The van der Waals surface area contributed by atoms with Gasteiger partial charge in [-0.25, -0.2) is 0 Å². The van der Waals surface area contributed by atoms with Gasteiger partial charge in [0.25, 0.3) is 0 Å². The van der Waals surface area contributed by atoms with Crippen molar-refractivity contribution in [3.63, 3.8) is 0 Å². The van der Waals surface area contributed by atoms with Crippen LogP contribution in [0.5, 0.6) is 0 Å². The maximum absolute atomic E-state index is 8.82. The van der Waals surface area contributed by atoms with E-state index >= 15 is 0 Å². The smallest absolute Gasteiger partial charge is 0.0681 e. The van der Waals surface area contributed by atoms with Crippen molar-refractivity contribution in [1.29, 1.82) is 0 Å². The topological polar surface area (TPSA) is 46.2 Å². The minimum absolute atomic E-state index is 0.119. The van der Waals surface area contributed by atoms with Crippen LogP contribution in [-0.2, 0) is 6.61 Å². The van der Waals surface area contributed by atoms with E-state index in [-0.39, 0.29) is 6.61 Å². The second-order valence-corrected chi connectivity index (χ2v) is 3.96. The van der Waals surface area contributed by atoms with Crippen molar-refractivity contribution in [2.24, 2.45) is 5.73 Å². The summed E-state index contributed by atoms with van der Waals surface area (Å²) in [6.07, 6.45) is 1.05. The van der Waals surface area contributed by atoms with Gasteiger partial charge in [-0.05, 0) is 36.4 Å². The Morgan fingerprint density at radius 3 is 2.46 bits per heavy atom. The molecule has 72 valence electrons. The summed E-state index contributed by atoms with van der Waals surface area (Å²) in [6.45, 7) is 0.871. The molecule has 0 spiro atoms. The zero-order valence-corrected chi connectivity index (χ0v) is 8.39. The van der Waals surface area contributed by atoms with Crippen LogP contribution in [0.2, 0.25) is 0 Å². The highest BCUT2D eigenvalue weighted by molar-refractivity contribution is 7.99. The molecule has 1 aromatic rings. The molecule has 1 rings (SSSR count). The van der Waals surface area contributed by atoms with Gasteiger partial charge >= 0.3 is 0 Å². The molecule has 0 atom stereocenters. The summed E-state index contributed by atoms with van der Waals surface area (Å²) in [6, 6.07) is 7.97. The highest BCUT2D eigenvalue weighted by Crippen LogP contribution is 2.18. The Labute approximate surface area is 83.1 Å². The average Bonchev–Trinajstić information content (AvgIpc) is 2.19. The molecule has 0 aliphatic carbocycles. The zero-order valence-electron chi connectivity index (χ0n) is 7.57. The van der Waals surface area contributed by atoms with Crippen LogP contribution >= 0.6 is 11.8 Å². The maximum Gasteiger partial charge on any atom is 0.0681 e. The Hall–Kier alpha value is -0.510. The van der Waals surface area contributed by atoms with Crippen LogP contribution in [0.3, 0.4) is 0 Å². The van der Waals surface area contributed by atoms with Crippen LogP contribution in [0.25, 0.3) is 0 Å². The molecular formula is C10H15NOS. The van der Waals surface area contributed by atoms with Crippen LogP contribution in [-0.4, -0.2) is 17.4 Å². The van der Waals surface area contributed by atoms with Crippen molar-refractivity contribution in [1.82, 2.24) is 0 Å². The summed E-state index contributed by atoms with van der Waals surface area (Å²) < 4.78 is 0. The van der Waals surface area contributed by atoms with Crippen molar-refractivity contribution >= 4 is 11.8 Å². The molecule has 0 amide bonds. The standard InChI is InChI=1S/C10H15NOS/c11-6-1-7-13-10-4-2-9(8-12)3-5-10/h2-5,12H,1,6-8,11H2. The highest BCUT2D eigenvalue weighted by atomic mass is 32.2. The molecule has 1 aromatic carbocycles. The number of hydrogen-bond donors (Lipinski definition) is 2. The summed E-state index contributed by atoms with van der Waals surface area (Å²) in [5, 5.41) is 8.82. The van der Waals surface area contributed by atoms with Gasteiger partial charge in [-0.2, -0.15) is 0 Å². The fourth-order valence-electron chi connectivity index (χ4n) is 0.964. The van der Waals surface area contributed by atoms with E-state index in [4.69, 9.17) is 10.8 Å². The molecule has 3 heteroatoms. The van der Waals surface area contributed by atoms with Crippen molar-refractivity contribution in [2.45, 2.75) is 17.9 Å². The van der Waals surface area contributed by atoms with Gasteiger partial charge in [-0.3, -0.25) is 0 Å². The fourth-order valence-corrected chi connectivity index (χ4v) is 1.84. The molecule has 2 nitrogen and oxygen atoms in total. The molecule has 13 heavy (non-hydrogen) atoms. The Bertz CT molecular complexity index is 235. The molecule has 0 aliphatic rings. The molecule has 0 saturated heterocycles. The van der Waals surface area contributed by atoms with Crippen molar-refractivity contribution < 1.29 is 5.11 Å². The summed E-state index contributed by atoms with van der Waals surface area (Å²) in [5.41, 5.74) is 6.35. The van der Waals surface area contributed by atoms with E-state index in [1.165, 1.54) is 4.90 Å². The van der Waals surface area contributed by atoms with E-state index in [0.717, 1.165) is 24.3 Å². The molecule has 0 fully saturated rings. The van der Waals surface area contributed by atoms with Gasteiger partial charge in [0.15, 0.2) is 0 Å². The lowest BCUT2D eigenvalue weighted by molar-refractivity contribution is 0.282. The number of aliphatic hydroxyl groups excluding tert-OH is 1. The van der Waals surface area contributed by atoms with Crippen LogP contribution in [0, 0.1) is 0 Å². The predicted molar refractivity (Wildman–Crippen MR) is 56.8 cm³/mol. The summed E-state index contributed by atoms with van der Waals surface area (Å²) in [5.74, 6) is 1.06. The Morgan fingerprint density at radius 2 is 1.92 bits per heavy atom. The lowest BCUT2D eigenvalue weighted by Crippen LogP contribution is -1.99. The van der Waals surface area contributed by atoms with E-state index in [1.807, 2.05) is 24.3 Å². The largest absolute Gasteiger partial charge is 0.392 e. The van der Waals surface area contributed by atoms with Gasteiger partial charge in [0.1, 0.15) is 0 Å². The first-order valence-electron chi connectivity index (χ1n) is 4.39. The Kier molecular flexibility index (Phi) is 4.90. The molecule has 0 saturated carbocycles. The van der Waals surface area contributed by atoms with Crippen LogP contribution < -0.4 is 5.73 Å². The average molecular weight is 197 g/mol. The first-order chi connectivity index (χ1) is 6.36. The van der Waals surface area contributed by atoms with Gasteiger partial charge in [-0.1, -0.05) is 12.1 Å². The first-order valence-corrected chi connectivity index (χ1v) is 5.38. The first kappa shape index (κ1) is 10.6. The summed E-state index contributed by atoms with van der Waals surface area (Å²) >= 11 is 1.80. The third-order valence-electron chi connectivity index (χ3n) is 1.72. The molecule has 0 aliphatic heterocycles.